The molecule has 1 aromatic carbocycles. The van der Waals surface area contributed by atoms with Crippen molar-refractivity contribution in [3.8, 4) is 0 Å². The lowest BCUT2D eigenvalue weighted by atomic mass is 10.3. The predicted molar refractivity (Wildman–Crippen MR) is 52.1 cm³/mol. The minimum Gasteiger partial charge on any atom is -0.258 e. The number of benzene rings is 1. The molecule has 0 aliphatic rings. The molecule has 1 atom stereocenters. The van der Waals surface area contributed by atoms with Gasteiger partial charge in [0.1, 0.15) is 15.2 Å². The van der Waals surface area contributed by atoms with Gasteiger partial charge >= 0.3 is 0 Å². The molecule has 1 heterocycles. The summed E-state index contributed by atoms with van der Waals surface area (Å²) >= 11 is 0. The Balaban J connectivity index is 2.70. The van der Waals surface area contributed by atoms with Crippen LogP contribution in [0, 0.1) is 10.1 Å². The molecule has 0 N–H and O–H groups in total. The number of nitrogens with zero attached hydrogens (tertiary/aromatic N) is 2. The van der Waals surface area contributed by atoms with E-state index in [-0.39, 0.29) is 5.69 Å². The molecular weight excluding hydrogens is 212 g/mol. The van der Waals surface area contributed by atoms with E-state index in [4.69, 9.17) is 10.7 Å². The zero-order chi connectivity index (χ0) is 9.42. The van der Waals surface area contributed by atoms with Gasteiger partial charge in [-0.2, -0.15) is 4.98 Å². The van der Waals surface area contributed by atoms with Gasteiger partial charge < -0.3 is 0 Å². The molecule has 2 aromatic rings. The smallest absolute Gasteiger partial charge is 0.258 e. The van der Waals surface area contributed by atoms with Crippen LogP contribution in [0.15, 0.2) is 23.7 Å². The number of nitro groups is 1. The second-order valence-electron chi connectivity index (χ2n) is 2.43. The number of thiazole rings is 1. The maximum Gasteiger partial charge on any atom is 0.272 e. The van der Waals surface area contributed by atoms with Gasteiger partial charge in [0.15, 0.2) is 0 Å². The molecule has 13 heavy (non-hydrogen) atoms. The molecule has 0 saturated carbocycles. The van der Waals surface area contributed by atoms with Gasteiger partial charge in [0.25, 0.3) is 11.2 Å². The van der Waals surface area contributed by atoms with Crippen LogP contribution >= 0.6 is 20.4 Å². The predicted octanol–water partition coefficient (Wildman–Crippen LogP) is 2.89. The molecule has 0 aliphatic carbocycles. The summed E-state index contributed by atoms with van der Waals surface area (Å²) in [6, 6.07) is 4.52. The summed E-state index contributed by atoms with van der Waals surface area (Å²) in [5.41, 5.74) is 2.25. The number of hydrogen-bond donors (Lipinski definition) is 0. The third kappa shape index (κ3) is 1.36. The van der Waals surface area contributed by atoms with Gasteiger partial charge in [-0.3, -0.25) is 10.1 Å². The highest BCUT2D eigenvalue weighted by molar-refractivity contribution is 7.64. The molecule has 2 rings (SSSR count). The Kier molecular flexibility index (Phi) is 1.90. The number of fused-ring (bicyclic) bond motifs is 1. The van der Waals surface area contributed by atoms with Gasteiger partial charge in [0.05, 0.1) is 4.92 Å². The number of nitro benzene ring substituents is 1. The molecule has 0 radical (unpaired) electrons. The van der Waals surface area contributed by atoms with Crippen LogP contribution in [-0.2, 0) is 0 Å². The van der Waals surface area contributed by atoms with Crippen molar-refractivity contribution in [2.75, 3.05) is 0 Å². The summed E-state index contributed by atoms with van der Waals surface area (Å²) in [5, 5.41) is 10.4. The maximum absolute atomic E-state index is 10.4. The highest BCUT2D eigenvalue weighted by atomic mass is 35.7. The number of non-ortho nitro benzene ring substituents is 1. The van der Waals surface area contributed by atoms with Crippen molar-refractivity contribution in [2.24, 2.45) is 0 Å². The first-order chi connectivity index (χ1) is 6.18. The van der Waals surface area contributed by atoms with Crippen molar-refractivity contribution in [1.82, 2.24) is 4.98 Å². The van der Waals surface area contributed by atoms with Gasteiger partial charge in [-0.05, 0) is 0 Å². The average Bonchev–Trinajstić information content (AvgIpc) is 2.47. The SMILES string of the molecule is O=[N+]([O-])c1ccc2c(c1)nc[s+]2Cl. The fourth-order valence-corrected chi connectivity index (χ4v) is 2.39. The lowest BCUT2D eigenvalue weighted by molar-refractivity contribution is -0.384. The molecule has 0 fully saturated rings. The van der Waals surface area contributed by atoms with Crippen molar-refractivity contribution in [2.45, 2.75) is 0 Å². The van der Waals surface area contributed by atoms with E-state index in [0.717, 1.165) is 4.70 Å². The van der Waals surface area contributed by atoms with Gasteiger partial charge in [0, 0.05) is 18.2 Å². The van der Waals surface area contributed by atoms with E-state index in [0.29, 0.717) is 5.52 Å². The Morgan fingerprint density at radius 2 is 2.31 bits per heavy atom. The van der Waals surface area contributed by atoms with Crippen LogP contribution < -0.4 is 0 Å². The summed E-state index contributed by atoms with van der Waals surface area (Å²) < 4.78 is 0.854. The van der Waals surface area contributed by atoms with Gasteiger partial charge in [-0.1, -0.05) is 0 Å². The third-order valence-electron chi connectivity index (χ3n) is 1.65. The van der Waals surface area contributed by atoms with Crippen molar-refractivity contribution >= 4 is 36.3 Å². The molecule has 0 aliphatic heterocycles. The first kappa shape index (κ1) is 8.40. The number of halogens is 1. The van der Waals surface area contributed by atoms with Crippen LogP contribution in [0.3, 0.4) is 0 Å². The van der Waals surface area contributed by atoms with Gasteiger partial charge in [-0.25, -0.2) is 0 Å². The van der Waals surface area contributed by atoms with Crippen molar-refractivity contribution < 1.29 is 4.92 Å². The fraction of sp³-hybridized carbons (Fsp3) is 0. The quantitative estimate of drug-likeness (QED) is 0.418. The van der Waals surface area contributed by atoms with Gasteiger partial charge in [0.2, 0.25) is 15.4 Å². The summed E-state index contributed by atoms with van der Waals surface area (Å²) in [5.74, 6) is 0. The van der Waals surface area contributed by atoms with Crippen LogP contribution in [0.5, 0.6) is 0 Å². The molecular formula is C7H4ClN2O2S+. The van der Waals surface area contributed by atoms with E-state index in [1.165, 1.54) is 12.1 Å². The lowest BCUT2D eigenvalue weighted by Crippen LogP contribution is -1.86. The first-order valence-corrected chi connectivity index (χ1v) is 5.52. The Labute approximate surface area is 80.4 Å². The zero-order valence-electron chi connectivity index (χ0n) is 6.31. The van der Waals surface area contributed by atoms with E-state index >= 15 is 0 Å². The van der Waals surface area contributed by atoms with Crippen molar-refractivity contribution in [3.05, 3.63) is 33.8 Å². The number of rotatable bonds is 1. The molecule has 4 nitrogen and oxygen atoms in total. The minimum atomic E-state index is -0.511. The first-order valence-electron chi connectivity index (χ1n) is 3.40. The second kappa shape index (κ2) is 2.93. The molecule has 0 spiro atoms. The van der Waals surface area contributed by atoms with Crippen LogP contribution in [0.4, 0.5) is 5.69 Å². The molecule has 66 valence electrons. The Hall–Kier alpha value is -1.20. The van der Waals surface area contributed by atoms with Crippen LogP contribution in [0.2, 0.25) is 0 Å². The monoisotopic (exact) mass is 215 g/mol. The lowest BCUT2D eigenvalue weighted by Gasteiger charge is -1.87. The normalized spacial score (nSPS) is 11.9. The molecule has 1 unspecified atom stereocenters. The Bertz CT molecular complexity index is 482. The Morgan fingerprint density at radius 3 is 3.00 bits per heavy atom. The third-order valence-corrected chi connectivity index (χ3v) is 3.44. The highest BCUT2D eigenvalue weighted by Crippen LogP contribution is 2.34. The van der Waals surface area contributed by atoms with E-state index < -0.39 is 14.6 Å². The zero-order valence-corrected chi connectivity index (χ0v) is 7.88. The topological polar surface area (TPSA) is 56.0 Å². The molecule has 0 bridgehead atoms. The fourth-order valence-electron chi connectivity index (χ4n) is 1.04. The van der Waals surface area contributed by atoms with Crippen LogP contribution in [0.1, 0.15) is 0 Å². The van der Waals surface area contributed by atoms with Crippen molar-refractivity contribution in [1.29, 1.82) is 0 Å². The average molecular weight is 216 g/mol. The Morgan fingerprint density at radius 1 is 1.54 bits per heavy atom. The number of aromatic nitrogens is 1. The van der Waals surface area contributed by atoms with Gasteiger partial charge in [-0.15, -0.1) is 0 Å². The molecule has 0 saturated heterocycles. The summed E-state index contributed by atoms with van der Waals surface area (Å²) in [6.07, 6.45) is 0. The minimum absolute atomic E-state index is 0.0477. The second-order valence-corrected chi connectivity index (χ2v) is 4.64. The highest BCUT2D eigenvalue weighted by Gasteiger charge is 2.15. The standard InChI is InChI=1S/C7H4ClN2O2S/c8-13-4-9-6-3-5(10(11)12)1-2-7(6)13/h1-4H/q+1. The van der Waals surface area contributed by atoms with E-state index in [1.807, 2.05) is 0 Å². The summed E-state index contributed by atoms with van der Waals surface area (Å²) in [6.45, 7) is 0. The van der Waals surface area contributed by atoms with Crippen LogP contribution in [-0.4, -0.2) is 9.91 Å². The maximum atomic E-state index is 10.4. The molecule has 6 heteroatoms. The van der Waals surface area contributed by atoms with E-state index in [1.54, 1.807) is 11.6 Å². The summed E-state index contributed by atoms with van der Waals surface area (Å²) in [7, 11) is 5.37. The van der Waals surface area contributed by atoms with Crippen molar-refractivity contribution in [3.63, 3.8) is 0 Å². The molecule has 1 aromatic heterocycles. The van der Waals surface area contributed by atoms with E-state index in [9.17, 15) is 10.1 Å². The van der Waals surface area contributed by atoms with Crippen LogP contribution in [0.25, 0.3) is 10.2 Å². The largest absolute Gasteiger partial charge is 0.272 e. The summed E-state index contributed by atoms with van der Waals surface area (Å²) in [4.78, 5) is 13.9. The van der Waals surface area contributed by atoms with E-state index in [2.05, 4.69) is 4.98 Å². The number of hydrogen-bond acceptors (Lipinski definition) is 3. The molecule has 0 amide bonds.